The van der Waals surface area contributed by atoms with Crippen molar-refractivity contribution in [1.82, 2.24) is 14.5 Å². The topological polar surface area (TPSA) is 129 Å². The first-order valence-electron chi connectivity index (χ1n) is 14.6. The van der Waals surface area contributed by atoms with Crippen molar-refractivity contribution in [3.05, 3.63) is 130 Å². The number of nitrogens with zero attached hydrogens (tertiary/aromatic N) is 3. The van der Waals surface area contributed by atoms with Gasteiger partial charge in [-0.15, -0.1) is 0 Å². The third-order valence-electron chi connectivity index (χ3n) is 7.83. The average molecular weight is 609 g/mol. The van der Waals surface area contributed by atoms with E-state index in [1.165, 1.54) is 28.7 Å². The SMILES string of the molecule is CC(=O)Nc1ccn([C@@H]2O[C@H](COCc3ccccc3)[C@@H](OCc3ccccc3)[C@H]2CN2C(=O)c3ccccc3C2=O)c(=O)n1. The number of amides is 3. The molecule has 6 rings (SSSR count). The summed E-state index contributed by atoms with van der Waals surface area (Å²) in [6.45, 7) is 1.91. The first-order valence-corrected chi connectivity index (χ1v) is 14.6. The summed E-state index contributed by atoms with van der Waals surface area (Å²) in [6, 6.07) is 27.4. The van der Waals surface area contributed by atoms with Crippen LogP contribution in [0.5, 0.6) is 0 Å². The molecule has 0 unspecified atom stereocenters. The zero-order chi connectivity index (χ0) is 31.3. The van der Waals surface area contributed by atoms with E-state index >= 15 is 0 Å². The molecule has 1 N–H and O–H groups in total. The van der Waals surface area contributed by atoms with Crippen LogP contribution in [-0.4, -0.2) is 57.5 Å². The van der Waals surface area contributed by atoms with E-state index in [2.05, 4.69) is 10.3 Å². The number of carbonyl (C=O) groups is 3. The highest BCUT2D eigenvalue weighted by atomic mass is 16.6. The van der Waals surface area contributed by atoms with Gasteiger partial charge in [-0.05, 0) is 29.3 Å². The number of fused-ring (bicyclic) bond motifs is 1. The fourth-order valence-corrected chi connectivity index (χ4v) is 5.73. The molecule has 1 saturated heterocycles. The van der Waals surface area contributed by atoms with Crippen LogP contribution in [0.2, 0.25) is 0 Å². The Labute approximate surface area is 259 Å². The molecule has 4 atom stereocenters. The summed E-state index contributed by atoms with van der Waals surface area (Å²) in [4.78, 5) is 56.9. The smallest absolute Gasteiger partial charge is 0.351 e. The molecule has 3 aromatic carbocycles. The van der Waals surface area contributed by atoms with Crippen LogP contribution < -0.4 is 11.0 Å². The third-order valence-corrected chi connectivity index (χ3v) is 7.83. The van der Waals surface area contributed by atoms with E-state index in [9.17, 15) is 19.2 Å². The van der Waals surface area contributed by atoms with E-state index < -0.39 is 41.9 Å². The van der Waals surface area contributed by atoms with Gasteiger partial charge >= 0.3 is 5.69 Å². The van der Waals surface area contributed by atoms with Crippen LogP contribution in [0.3, 0.4) is 0 Å². The standard InChI is InChI=1S/C34H32N4O7/c1-22(39)35-29-16-17-37(34(42)36-29)33-27(18-38-31(40)25-14-8-9-15-26(25)32(38)41)30(44-20-24-12-6-3-7-13-24)28(45-33)21-43-19-23-10-4-2-5-11-23/h2-17,27-28,30,33H,18-21H2,1H3,(H,35,36,39,42)/t27-,28-,30+,33-/m1/s1. The number of benzene rings is 3. The maximum Gasteiger partial charge on any atom is 0.351 e. The van der Waals surface area contributed by atoms with Crippen molar-refractivity contribution in [2.24, 2.45) is 5.92 Å². The molecule has 45 heavy (non-hydrogen) atoms. The molecule has 11 heteroatoms. The lowest BCUT2D eigenvalue weighted by Crippen LogP contribution is -2.43. The zero-order valence-corrected chi connectivity index (χ0v) is 24.6. The van der Waals surface area contributed by atoms with Crippen LogP contribution in [0.15, 0.2) is 102 Å². The second-order valence-electron chi connectivity index (χ2n) is 10.9. The highest BCUT2D eigenvalue weighted by Gasteiger charge is 2.50. The van der Waals surface area contributed by atoms with Gasteiger partial charge in [0.25, 0.3) is 11.8 Å². The van der Waals surface area contributed by atoms with Gasteiger partial charge in [-0.25, -0.2) is 4.79 Å². The van der Waals surface area contributed by atoms with E-state index in [1.54, 1.807) is 24.3 Å². The number of anilines is 1. The molecule has 0 aliphatic carbocycles. The average Bonchev–Trinajstić information content (AvgIpc) is 3.50. The number of hydrogen-bond donors (Lipinski definition) is 1. The summed E-state index contributed by atoms with van der Waals surface area (Å²) in [6.07, 6.45) is -0.837. The molecule has 2 aliphatic rings. The molecule has 2 aliphatic heterocycles. The fourth-order valence-electron chi connectivity index (χ4n) is 5.73. The number of ether oxygens (including phenoxy) is 3. The van der Waals surface area contributed by atoms with Crippen molar-refractivity contribution in [1.29, 1.82) is 0 Å². The van der Waals surface area contributed by atoms with E-state index in [4.69, 9.17) is 14.2 Å². The maximum absolute atomic E-state index is 13.4. The van der Waals surface area contributed by atoms with Gasteiger partial charge in [-0.2, -0.15) is 4.98 Å². The van der Waals surface area contributed by atoms with E-state index in [0.717, 1.165) is 11.1 Å². The second kappa shape index (κ2) is 13.3. The normalized spacial score (nSPS) is 20.8. The molecule has 3 heterocycles. The predicted molar refractivity (Wildman–Crippen MR) is 163 cm³/mol. The number of hydrogen-bond acceptors (Lipinski definition) is 8. The van der Waals surface area contributed by atoms with Crippen molar-refractivity contribution < 1.29 is 28.6 Å². The van der Waals surface area contributed by atoms with E-state index in [0.29, 0.717) is 17.7 Å². The Morgan fingerprint density at radius 1 is 0.844 bits per heavy atom. The number of imide groups is 1. The Balaban J connectivity index is 1.33. The van der Waals surface area contributed by atoms with Gasteiger partial charge in [0, 0.05) is 19.7 Å². The second-order valence-corrected chi connectivity index (χ2v) is 10.9. The van der Waals surface area contributed by atoms with Gasteiger partial charge < -0.3 is 19.5 Å². The first kappa shape index (κ1) is 30.1. The van der Waals surface area contributed by atoms with Crippen molar-refractivity contribution in [3.8, 4) is 0 Å². The van der Waals surface area contributed by atoms with Crippen LogP contribution in [0, 0.1) is 5.92 Å². The molecule has 0 spiro atoms. The summed E-state index contributed by atoms with van der Waals surface area (Å²) in [7, 11) is 0. The quantitative estimate of drug-likeness (QED) is 0.255. The Morgan fingerprint density at radius 2 is 1.44 bits per heavy atom. The number of nitrogens with one attached hydrogen (secondary N) is 1. The lowest BCUT2D eigenvalue weighted by molar-refractivity contribution is -0.114. The maximum atomic E-state index is 13.4. The van der Waals surface area contributed by atoms with Crippen LogP contribution in [0.1, 0.15) is 45.0 Å². The van der Waals surface area contributed by atoms with Gasteiger partial charge in [0.1, 0.15) is 18.1 Å². The highest BCUT2D eigenvalue weighted by Crippen LogP contribution is 2.39. The van der Waals surface area contributed by atoms with E-state index in [-0.39, 0.29) is 31.5 Å². The summed E-state index contributed by atoms with van der Waals surface area (Å²) >= 11 is 0. The van der Waals surface area contributed by atoms with Crippen molar-refractivity contribution in [2.45, 2.75) is 38.6 Å². The monoisotopic (exact) mass is 608 g/mol. The third kappa shape index (κ3) is 6.60. The largest absolute Gasteiger partial charge is 0.374 e. The van der Waals surface area contributed by atoms with Crippen LogP contribution in [0.4, 0.5) is 5.82 Å². The Kier molecular flexibility index (Phi) is 8.92. The number of rotatable bonds is 11. The molecule has 230 valence electrons. The highest BCUT2D eigenvalue weighted by molar-refractivity contribution is 6.21. The summed E-state index contributed by atoms with van der Waals surface area (Å²) < 4.78 is 20.4. The van der Waals surface area contributed by atoms with Gasteiger partial charge in [-0.3, -0.25) is 23.9 Å². The minimum atomic E-state index is -0.966. The molecular formula is C34H32N4O7. The predicted octanol–water partition coefficient (Wildman–Crippen LogP) is 3.81. The summed E-state index contributed by atoms with van der Waals surface area (Å²) in [5, 5.41) is 2.51. The number of aromatic nitrogens is 2. The minimum absolute atomic E-state index is 0.0778. The molecule has 11 nitrogen and oxygen atoms in total. The minimum Gasteiger partial charge on any atom is -0.374 e. The molecule has 0 radical (unpaired) electrons. The van der Waals surface area contributed by atoms with Gasteiger partial charge in [0.05, 0.1) is 43.0 Å². The van der Waals surface area contributed by atoms with Crippen molar-refractivity contribution >= 4 is 23.5 Å². The molecule has 4 aromatic rings. The summed E-state index contributed by atoms with van der Waals surface area (Å²) in [5.41, 5.74) is 1.86. The van der Waals surface area contributed by atoms with Crippen molar-refractivity contribution in [2.75, 3.05) is 18.5 Å². The van der Waals surface area contributed by atoms with Gasteiger partial charge in [-0.1, -0.05) is 72.8 Å². The lowest BCUT2D eigenvalue weighted by Gasteiger charge is -2.28. The van der Waals surface area contributed by atoms with Crippen LogP contribution in [0.25, 0.3) is 0 Å². The molecular weight excluding hydrogens is 576 g/mol. The zero-order valence-electron chi connectivity index (χ0n) is 24.6. The van der Waals surface area contributed by atoms with Crippen LogP contribution in [-0.2, 0) is 32.2 Å². The summed E-state index contributed by atoms with van der Waals surface area (Å²) in [5.74, 6) is -1.80. The molecule has 1 fully saturated rings. The molecule has 3 amide bonds. The van der Waals surface area contributed by atoms with E-state index in [1.807, 2.05) is 60.7 Å². The van der Waals surface area contributed by atoms with Crippen LogP contribution >= 0.6 is 0 Å². The fraction of sp³-hybridized carbons (Fsp3) is 0.265. The van der Waals surface area contributed by atoms with Gasteiger partial charge in [0.15, 0.2) is 0 Å². The lowest BCUT2D eigenvalue weighted by atomic mass is 9.98. The molecule has 0 saturated carbocycles. The van der Waals surface area contributed by atoms with Gasteiger partial charge in [0.2, 0.25) is 5.91 Å². The Bertz CT molecular complexity index is 1710. The number of carbonyl (C=O) groups excluding carboxylic acids is 3. The Morgan fingerprint density at radius 3 is 2.04 bits per heavy atom. The molecule has 1 aromatic heterocycles. The van der Waals surface area contributed by atoms with Crippen molar-refractivity contribution in [3.63, 3.8) is 0 Å². The Hall–Kier alpha value is -4.97. The molecule has 0 bridgehead atoms. The first-order chi connectivity index (χ1) is 21.9.